The lowest BCUT2D eigenvalue weighted by Gasteiger charge is -2.15. The number of fused-ring (bicyclic) bond motifs is 1. The quantitative estimate of drug-likeness (QED) is 0.651. The second-order valence-electron chi connectivity index (χ2n) is 6.42. The van der Waals surface area contributed by atoms with Gasteiger partial charge in [-0.2, -0.15) is 0 Å². The number of nitrogens with one attached hydrogen (secondary N) is 2. The summed E-state index contributed by atoms with van der Waals surface area (Å²) >= 11 is 0. The van der Waals surface area contributed by atoms with E-state index in [4.69, 9.17) is 0 Å². The minimum absolute atomic E-state index is 0.0868. The summed E-state index contributed by atoms with van der Waals surface area (Å²) in [5.74, 6) is 0.592. The van der Waals surface area contributed by atoms with E-state index < -0.39 is 0 Å². The minimum atomic E-state index is -0.0868. The van der Waals surface area contributed by atoms with Crippen LogP contribution in [0.1, 0.15) is 35.8 Å². The molecule has 0 spiro atoms. The van der Waals surface area contributed by atoms with Gasteiger partial charge in [-0.15, -0.1) is 10.2 Å². The van der Waals surface area contributed by atoms with Gasteiger partial charge in [0.15, 0.2) is 5.69 Å². The second-order valence-corrected chi connectivity index (χ2v) is 6.42. The first kappa shape index (κ1) is 17.9. The summed E-state index contributed by atoms with van der Waals surface area (Å²) in [6, 6.07) is 11.8. The lowest BCUT2D eigenvalue weighted by Crippen LogP contribution is -2.28. The van der Waals surface area contributed by atoms with Crippen LogP contribution in [-0.2, 0) is 6.42 Å². The topological polar surface area (TPSA) is 73.9 Å². The number of nitrogens with zero attached hydrogens (tertiary/aromatic N) is 3. The van der Waals surface area contributed by atoms with Gasteiger partial charge in [0.25, 0.3) is 5.91 Å². The third-order valence-electron chi connectivity index (χ3n) is 4.45. The molecule has 3 aromatic rings. The number of rotatable bonds is 8. The Morgan fingerprint density at radius 1 is 1.19 bits per heavy atom. The fourth-order valence-corrected chi connectivity index (χ4v) is 2.90. The highest BCUT2D eigenvalue weighted by molar-refractivity contribution is 5.92. The van der Waals surface area contributed by atoms with Crippen LogP contribution in [0, 0.1) is 0 Å². The van der Waals surface area contributed by atoms with Crippen molar-refractivity contribution in [1.29, 1.82) is 0 Å². The van der Waals surface area contributed by atoms with Crippen LogP contribution in [-0.4, -0.2) is 46.1 Å². The molecule has 2 heterocycles. The van der Waals surface area contributed by atoms with Crippen LogP contribution in [0.3, 0.4) is 0 Å². The van der Waals surface area contributed by atoms with Crippen molar-refractivity contribution in [3.05, 3.63) is 53.9 Å². The molecular formula is C20H25N5O. The summed E-state index contributed by atoms with van der Waals surface area (Å²) in [5, 5.41) is 12.7. The molecule has 0 unspecified atom stereocenters. The van der Waals surface area contributed by atoms with Crippen LogP contribution in [0.5, 0.6) is 0 Å². The third-order valence-corrected chi connectivity index (χ3v) is 4.45. The number of amides is 1. The highest BCUT2D eigenvalue weighted by Crippen LogP contribution is 2.18. The minimum Gasteiger partial charge on any atom is -0.368 e. The normalized spacial score (nSPS) is 10.8. The molecular weight excluding hydrogens is 326 g/mol. The zero-order chi connectivity index (χ0) is 18.4. The van der Waals surface area contributed by atoms with E-state index in [9.17, 15) is 4.79 Å². The van der Waals surface area contributed by atoms with Gasteiger partial charge in [-0.25, -0.2) is 0 Å². The van der Waals surface area contributed by atoms with E-state index in [0.29, 0.717) is 11.5 Å². The van der Waals surface area contributed by atoms with Crippen molar-refractivity contribution >= 4 is 22.6 Å². The smallest absolute Gasteiger partial charge is 0.274 e. The first-order valence-electron chi connectivity index (χ1n) is 9.07. The average Bonchev–Trinajstić information content (AvgIpc) is 3.09. The largest absolute Gasteiger partial charge is 0.368 e. The maximum atomic E-state index is 12.3. The molecule has 0 aliphatic carbocycles. The Labute approximate surface area is 153 Å². The average molecular weight is 351 g/mol. The summed E-state index contributed by atoms with van der Waals surface area (Å²) in [6.45, 7) is 3.59. The molecule has 2 N–H and O–H groups in total. The van der Waals surface area contributed by atoms with Gasteiger partial charge < -0.3 is 15.2 Å². The second kappa shape index (κ2) is 8.47. The zero-order valence-corrected chi connectivity index (χ0v) is 15.3. The highest BCUT2D eigenvalue weighted by atomic mass is 16.2. The molecule has 3 rings (SSSR count). The molecule has 6 heteroatoms. The van der Waals surface area contributed by atoms with Crippen molar-refractivity contribution in [2.24, 2.45) is 0 Å². The number of aromatic nitrogens is 3. The zero-order valence-electron chi connectivity index (χ0n) is 15.3. The molecule has 6 nitrogen and oxygen atoms in total. The van der Waals surface area contributed by atoms with Crippen LogP contribution >= 0.6 is 0 Å². The molecule has 0 saturated carbocycles. The maximum Gasteiger partial charge on any atom is 0.274 e. The molecule has 2 aromatic heterocycles. The van der Waals surface area contributed by atoms with Gasteiger partial charge >= 0.3 is 0 Å². The molecule has 0 aliphatic rings. The molecule has 1 amide bonds. The monoisotopic (exact) mass is 351 g/mol. The fourth-order valence-electron chi connectivity index (χ4n) is 2.90. The molecule has 136 valence electrons. The number of aromatic amines is 1. The van der Waals surface area contributed by atoms with E-state index in [2.05, 4.69) is 39.6 Å². The predicted octanol–water partition coefficient (Wildman–Crippen LogP) is 3.48. The van der Waals surface area contributed by atoms with E-state index >= 15 is 0 Å². The first-order valence-corrected chi connectivity index (χ1v) is 9.07. The third kappa shape index (κ3) is 4.20. The van der Waals surface area contributed by atoms with Crippen LogP contribution < -0.4 is 5.32 Å². The predicted molar refractivity (Wildman–Crippen MR) is 104 cm³/mol. The van der Waals surface area contributed by atoms with Crippen LogP contribution in [0.15, 0.2) is 42.6 Å². The van der Waals surface area contributed by atoms with Gasteiger partial charge in [0.05, 0.1) is 0 Å². The van der Waals surface area contributed by atoms with Crippen molar-refractivity contribution in [3.8, 4) is 0 Å². The first-order chi connectivity index (χ1) is 12.7. The Balaban J connectivity index is 1.53. The molecule has 26 heavy (non-hydrogen) atoms. The fraction of sp³-hybridized carbons (Fsp3) is 0.350. The highest BCUT2D eigenvalue weighted by Gasteiger charge is 2.13. The van der Waals surface area contributed by atoms with Crippen LogP contribution in [0.25, 0.3) is 10.9 Å². The number of para-hydroxylation sites is 1. The van der Waals surface area contributed by atoms with Crippen molar-refractivity contribution < 1.29 is 4.79 Å². The molecule has 0 bridgehead atoms. The number of hydrogen-bond acceptors (Lipinski definition) is 4. The van der Waals surface area contributed by atoms with Gasteiger partial charge in [0, 0.05) is 37.2 Å². The molecule has 1 aromatic carbocycles. The lowest BCUT2D eigenvalue weighted by molar-refractivity contribution is 0.0786. The van der Waals surface area contributed by atoms with Crippen molar-refractivity contribution in [3.63, 3.8) is 0 Å². The van der Waals surface area contributed by atoms with Crippen molar-refractivity contribution in [2.75, 3.05) is 25.5 Å². The Bertz CT molecular complexity index is 856. The molecule has 0 saturated heterocycles. The van der Waals surface area contributed by atoms with E-state index in [1.165, 1.54) is 10.9 Å². The molecule has 0 radical (unpaired) electrons. The van der Waals surface area contributed by atoms with E-state index in [0.717, 1.165) is 37.9 Å². The number of H-pyrrole nitrogens is 1. The van der Waals surface area contributed by atoms with E-state index in [-0.39, 0.29) is 5.91 Å². The number of anilines is 1. The van der Waals surface area contributed by atoms with Gasteiger partial charge in [-0.05, 0) is 36.6 Å². The van der Waals surface area contributed by atoms with E-state index in [1.807, 2.05) is 24.4 Å². The number of benzene rings is 1. The number of hydrogen-bond donors (Lipinski definition) is 2. The molecule has 0 aliphatic heterocycles. The summed E-state index contributed by atoms with van der Waals surface area (Å²) in [5.41, 5.74) is 2.80. The van der Waals surface area contributed by atoms with Gasteiger partial charge in [0.1, 0.15) is 5.82 Å². The number of carbonyl (C=O) groups excluding carboxylic acids is 1. The Morgan fingerprint density at radius 2 is 2.04 bits per heavy atom. The standard InChI is InChI=1S/C20H25N5O/c1-3-4-13-25(2)20(26)18-9-10-19(24-23-18)21-12-11-15-14-22-17-8-6-5-7-16(15)17/h5-10,14,22H,3-4,11-13H2,1-2H3,(H,21,24). The Hall–Kier alpha value is -2.89. The molecule has 0 atom stereocenters. The summed E-state index contributed by atoms with van der Waals surface area (Å²) < 4.78 is 0. The van der Waals surface area contributed by atoms with Crippen LogP contribution in [0.2, 0.25) is 0 Å². The van der Waals surface area contributed by atoms with Crippen molar-refractivity contribution in [2.45, 2.75) is 26.2 Å². The summed E-state index contributed by atoms with van der Waals surface area (Å²) in [6.07, 6.45) is 4.98. The maximum absolute atomic E-state index is 12.3. The summed E-state index contributed by atoms with van der Waals surface area (Å²) in [7, 11) is 1.80. The Morgan fingerprint density at radius 3 is 2.81 bits per heavy atom. The molecule has 0 fully saturated rings. The van der Waals surface area contributed by atoms with Gasteiger partial charge in [-0.1, -0.05) is 31.5 Å². The SMILES string of the molecule is CCCCN(C)C(=O)c1ccc(NCCc2c[nH]c3ccccc23)nn1. The lowest BCUT2D eigenvalue weighted by atomic mass is 10.1. The number of carbonyl (C=O) groups is 1. The van der Waals surface area contributed by atoms with Gasteiger partial charge in [-0.3, -0.25) is 4.79 Å². The van der Waals surface area contributed by atoms with Crippen molar-refractivity contribution in [1.82, 2.24) is 20.1 Å². The Kier molecular flexibility index (Phi) is 5.84. The number of unbranched alkanes of at least 4 members (excludes halogenated alkanes) is 1. The van der Waals surface area contributed by atoms with Crippen LogP contribution in [0.4, 0.5) is 5.82 Å². The summed E-state index contributed by atoms with van der Waals surface area (Å²) in [4.78, 5) is 17.2. The van der Waals surface area contributed by atoms with E-state index in [1.54, 1.807) is 18.0 Å². The van der Waals surface area contributed by atoms with Gasteiger partial charge in [0.2, 0.25) is 0 Å².